The third kappa shape index (κ3) is 2.03. The average molecular weight is 287 g/mol. The quantitative estimate of drug-likeness (QED) is 0.506. The lowest BCUT2D eigenvalue weighted by molar-refractivity contribution is 1.09. The predicted molar refractivity (Wildman–Crippen MR) is 85.8 cm³/mol. The maximum absolute atomic E-state index is 4.48. The van der Waals surface area contributed by atoms with Crippen molar-refractivity contribution in [1.29, 1.82) is 0 Å². The number of hydrogen-bond acceptors (Lipinski definition) is 4. The molecule has 0 aliphatic rings. The highest BCUT2D eigenvalue weighted by atomic mass is 15.2. The third-order valence-corrected chi connectivity index (χ3v) is 3.54. The molecule has 0 radical (unpaired) electrons. The van der Waals surface area contributed by atoms with Crippen LogP contribution < -0.4 is 0 Å². The molecule has 0 fully saturated rings. The van der Waals surface area contributed by atoms with Crippen molar-refractivity contribution in [3.63, 3.8) is 0 Å². The van der Waals surface area contributed by atoms with E-state index < -0.39 is 0 Å². The lowest BCUT2D eigenvalue weighted by Crippen LogP contribution is -1.81. The van der Waals surface area contributed by atoms with Crippen molar-refractivity contribution in [1.82, 2.24) is 14.4 Å². The minimum Gasteiger partial charge on any atom is -0.283 e. The molecule has 3 heterocycles. The first-order chi connectivity index (χ1) is 10.8. The Morgan fingerprint density at radius 2 is 1.86 bits per heavy atom. The van der Waals surface area contributed by atoms with Gasteiger partial charge in [-0.25, -0.2) is 4.98 Å². The molecule has 0 amide bonds. The number of imidazole rings is 1. The minimum atomic E-state index is 0.739. The summed E-state index contributed by atoms with van der Waals surface area (Å²) in [5.41, 5.74) is 3.32. The summed E-state index contributed by atoms with van der Waals surface area (Å²) in [6.07, 6.45) is 3.70. The Morgan fingerprint density at radius 3 is 2.82 bits per heavy atom. The number of azo groups is 1. The third-order valence-electron chi connectivity index (χ3n) is 3.54. The van der Waals surface area contributed by atoms with Crippen molar-refractivity contribution in [3.8, 4) is 0 Å². The van der Waals surface area contributed by atoms with Crippen LogP contribution in [0.25, 0.3) is 16.6 Å². The molecule has 0 saturated carbocycles. The van der Waals surface area contributed by atoms with E-state index in [9.17, 15) is 0 Å². The van der Waals surface area contributed by atoms with Gasteiger partial charge in [0.05, 0.1) is 11.2 Å². The summed E-state index contributed by atoms with van der Waals surface area (Å²) in [4.78, 5) is 8.87. The van der Waals surface area contributed by atoms with Gasteiger partial charge in [-0.05, 0) is 31.2 Å². The topological polar surface area (TPSA) is 54.9 Å². The van der Waals surface area contributed by atoms with E-state index in [1.165, 1.54) is 0 Å². The van der Waals surface area contributed by atoms with Crippen LogP contribution in [-0.2, 0) is 0 Å². The van der Waals surface area contributed by atoms with Crippen molar-refractivity contribution in [3.05, 3.63) is 66.6 Å². The van der Waals surface area contributed by atoms with Gasteiger partial charge in [-0.15, -0.1) is 10.2 Å². The first kappa shape index (κ1) is 12.6. The molecule has 0 saturated heterocycles. The highest BCUT2D eigenvalue weighted by Crippen LogP contribution is 2.27. The predicted octanol–water partition coefficient (Wildman–Crippen LogP) is 4.61. The van der Waals surface area contributed by atoms with Gasteiger partial charge in [-0.2, -0.15) is 0 Å². The maximum atomic E-state index is 4.48. The fourth-order valence-corrected chi connectivity index (χ4v) is 2.49. The number of fused-ring (bicyclic) bond motifs is 2. The lowest BCUT2D eigenvalue weighted by Gasteiger charge is -1.99. The van der Waals surface area contributed by atoms with E-state index in [-0.39, 0.29) is 0 Å². The molecular formula is C17H13N5. The zero-order chi connectivity index (χ0) is 14.9. The molecule has 1 aromatic carbocycles. The second kappa shape index (κ2) is 5.04. The number of hydrogen-bond donors (Lipinski definition) is 0. The smallest absolute Gasteiger partial charge is 0.182 e. The molecule has 106 valence electrons. The number of para-hydroxylation sites is 1. The standard InChI is InChI=1S/C17H13N5/c1-12-17(22-11-3-2-9-15(22)19-12)21-20-14-8-4-6-13-7-5-10-18-16(13)14/h2-11H,1H3. The molecule has 4 aromatic rings. The Morgan fingerprint density at radius 1 is 0.955 bits per heavy atom. The Hall–Kier alpha value is -3.08. The van der Waals surface area contributed by atoms with Gasteiger partial charge < -0.3 is 0 Å². The molecule has 22 heavy (non-hydrogen) atoms. The van der Waals surface area contributed by atoms with E-state index in [2.05, 4.69) is 20.2 Å². The van der Waals surface area contributed by atoms with Crippen molar-refractivity contribution in [2.45, 2.75) is 6.92 Å². The molecule has 0 spiro atoms. The molecule has 0 bridgehead atoms. The van der Waals surface area contributed by atoms with Crippen LogP contribution in [0.2, 0.25) is 0 Å². The van der Waals surface area contributed by atoms with E-state index >= 15 is 0 Å². The largest absolute Gasteiger partial charge is 0.283 e. The summed E-state index contributed by atoms with van der Waals surface area (Å²) >= 11 is 0. The first-order valence-electron chi connectivity index (χ1n) is 7.02. The summed E-state index contributed by atoms with van der Waals surface area (Å²) in [5, 5.41) is 9.84. The summed E-state index contributed by atoms with van der Waals surface area (Å²) in [6.45, 7) is 1.93. The summed E-state index contributed by atoms with van der Waals surface area (Å²) in [6, 6.07) is 15.7. The van der Waals surface area contributed by atoms with Crippen LogP contribution in [0, 0.1) is 6.92 Å². The lowest BCUT2D eigenvalue weighted by atomic mass is 10.2. The van der Waals surface area contributed by atoms with Crippen LogP contribution >= 0.6 is 0 Å². The molecule has 0 unspecified atom stereocenters. The molecule has 0 aliphatic heterocycles. The Balaban J connectivity index is 1.84. The van der Waals surface area contributed by atoms with Crippen molar-refractivity contribution >= 4 is 28.1 Å². The fraction of sp³-hybridized carbons (Fsp3) is 0.0588. The van der Waals surface area contributed by atoms with Crippen LogP contribution in [0.4, 0.5) is 11.5 Å². The molecule has 5 nitrogen and oxygen atoms in total. The van der Waals surface area contributed by atoms with Gasteiger partial charge in [0, 0.05) is 17.8 Å². The van der Waals surface area contributed by atoms with Gasteiger partial charge in [0.2, 0.25) is 0 Å². The van der Waals surface area contributed by atoms with Gasteiger partial charge in [0.15, 0.2) is 5.82 Å². The molecule has 4 rings (SSSR count). The van der Waals surface area contributed by atoms with Crippen LogP contribution in [-0.4, -0.2) is 14.4 Å². The Kier molecular flexibility index (Phi) is 2.89. The van der Waals surface area contributed by atoms with Crippen LogP contribution in [0.15, 0.2) is 71.2 Å². The summed E-state index contributed by atoms with van der Waals surface area (Å²) in [7, 11) is 0. The zero-order valence-electron chi connectivity index (χ0n) is 12.0. The van der Waals surface area contributed by atoms with Crippen molar-refractivity contribution in [2.24, 2.45) is 10.2 Å². The number of pyridine rings is 2. The van der Waals surface area contributed by atoms with Crippen LogP contribution in [0.5, 0.6) is 0 Å². The number of aryl methyl sites for hydroxylation is 1. The Bertz CT molecular complexity index is 995. The molecule has 3 aromatic heterocycles. The van der Waals surface area contributed by atoms with Gasteiger partial charge in [-0.3, -0.25) is 9.38 Å². The minimum absolute atomic E-state index is 0.739. The van der Waals surface area contributed by atoms with Gasteiger partial charge in [-0.1, -0.05) is 24.3 Å². The highest BCUT2D eigenvalue weighted by Gasteiger charge is 2.07. The normalized spacial score (nSPS) is 11.7. The monoisotopic (exact) mass is 287 g/mol. The number of rotatable bonds is 2. The van der Waals surface area contributed by atoms with E-state index in [1.54, 1.807) is 6.20 Å². The van der Waals surface area contributed by atoms with Crippen LogP contribution in [0.1, 0.15) is 5.69 Å². The van der Waals surface area contributed by atoms with Crippen molar-refractivity contribution in [2.75, 3.05) is 0 Å². The van der Waals surface area contributed by atoms with Crippen molar-refractivity contribution < 1.29 is 0 Å². The molecule has 0 N–H and O–H groups in total. The number of benzene rings is 1. The summed E-state index contributed by atoms with van der Waals surface area (Å²) in [5.74, 6) is 0.739. The number of nitrogens with zero attached hydrogens (tertiary/aromatic N) is 5. The van der Waals surface area contributed by atoms with E-state index in [4.69, 9.17) is 0 Å². The Labute approximate surface area is 127 Å². The molecular weight excluding hydrogens is 274 g/mol. The van der Waals surface area contributed by atoms with Crippen LogP contribution in [0.3, 0.4) is 0 Å². The average Bonchev–Trinajstić information content (AvgIpc) is 2.88. The van der Waals surface area contributed by atoms with Gasteiger partial charge in [0.25, 0.3) is 0 Å². The van der Waals surface area contributed by atoms with Gasteiger partial charge in [0.1, 0.15) is 11.3 Å². The molecule has 5 heteroatoms. The maximum Gasteiger partial charge on any atom is 0.182 e. The second-order valence-electron chi connectivity index (χ2n) is 5.00. The summed E-state index contributed by atoms with van der Waals surface area (Å²) < 4.78 is 1.93. The second-order valence-corrected chi connectivity index (χ2v) is 5.00. The zero-order valence-corrected chi connectivity index (χ0v) is 12.0. The molecule has 0 atom stereocenters. The van der Waals surface area contributed by atoms with E-state index in [1.807, 2.05) is 66.1 Å². The molecule has 0 aliphatic carbocycles. The fourth-order valence-electron chi connectivity index (χ4n) is 2.49. The number of aromatic nitrogens is 3. The SMILES string of the molecule is Cc1nc2ccccn2c1N=Nc1cccc2cccnc12. The van der Waals surface area contributed by atoms with Gasteiger partial charge >= 0.3 is 0 Å². The van der Waals surface area contributed by atoms with E-state index in [0.717, 1.165) is 33.7 Å². The highest BCUT2D eigenvalue weighted by molar-refractivity contribution is 5.88. The first-order valence-corrected chi connectivity index (χ1v) is 7.02. The van der Waals surface area contributed by atoms with E-state index in [0.29, 0.717) is 0 Å².